The van der Waals surface area contributed by atoms with Crippen LogP contribution >= 0.6 is 23.2 Å². The molecule has 1 N–H and O–H groups in total. The van der Waals surface area contributed by atoms with Crippen LogP contribution in [0.1, 0.15) is 57.1 Å². The van der Waals surface area contributed by atoms with Crippen LogP contribution < -0.4 is 5.32 Å². The third-order valence-electron chi connectivity index (χ3n) is 3.29. The Morgan fingerprint density at radius 3 is 2.22 bits per heavy atom. The smallest absolute Gasteiger partial charge is 0.0468 e. The van der Waals surface area contributed by atoms with Crippen molar-refractivity contribution >= 4 is 23.2 Å². The highest BCUT2D eigenvalue weighted by molar-refractivity contribution is 6.36. The van der Waals surface area contributed by atoms with Crippen molar-refractivity contribution in [3.8, 4) is 0 Å². The third kappa shape index (κ3) is 4.79. The average Bonchev–Trinajstić information content (AvgIpc) is 2.36. The number of unbranched alkanes of at least 4 members (excludes halogenated alkanes) is 4. The summed E-state index contributed by atoms with van der Waals surface area (Å²) in [7, 11) is 1.97. The molecule has 1 nitrogen and oxygen atoms in total. The Morgan fingerprint density at radius 2 is 1.67 bits per heavy atom. The van der Waals surface area contributed by atoms with E-state index in [0.29, 0.717) is 0 Å². The zero-order valence-electron chi connectivity index (χ0n) is 11.3. The van der Waals surface area contributed by atoms with E-state index in [1.807, 2.05) is 25.2 Å². The normalized spacial score (nSPS) is 12.7. The van der Waals surface area contributed by atoms with Crippen molar-refractivity contribution in [2.24, 2.45) is 0 Å². The molecule has 18 heavy (non-hydrogen) atoms. The first-order chi connectivity index (χ1) is 8.70. The van der Waals surface area contributed by atoms with Crippen molar-refractivity contribution in [1.29, 1.82) is 0 Å². The molecule has 0 aliphatic carbocycles. The molecule has 0 radical (unpaired) electrons. The number of hydrogen-bond acceptors (Lipinski definition) is 1. The standard InChI is InChI=1S/C15H23Cl2N/c1-3-4-5-6-7-11-14(18-2)15-12(16)9-8-10-13(15)17/h8-10,14,18H,3-7,11H2,1-2H3. The van der Waals surface area contributed by atoms with Crippen molar-refractivity contribution in [3.05, 3.63) is 33.8 Å². The first-order valence-electron chi connectivity index (χ1n) is 6.81. The highest BCUT2D eigenvalue weighted by Crippen LogP contribution is 2.32. The Hall–Kier alpha value is -0.240. The van der Waals surface area contributed by atoms with E-state index in [2.05, 4.69) is 12.2 Å². The fourth-order valence-corrected chi connectivity index (χ4v) is 2.89. The second-order valence-electron chi connectivity index (χ2n) is 4.68. The molecule has 0 saturated heterocycles. The first kappa shape index (κ1) is 15.8. The fourth-order valence-electron chi connectivity index (χ4n) is 2.23. The Bertz CT molecular complexity index is 332. The topological polar surface area (TPSA) is 12.0 Å². The summed E-state index contributed by atoms with van der Waals surface area (Å²) in [5.74, 6) is 0. The summed E-state index contributed by atoms with van der Waals surface area (Å²) < 4.78 is 0. The SMILES string of the molecule is CCCCCCCC(NC)c1c(Cl)cccc1Cl. The molecule has 1 unspecified atom stereocenters. The molecule has 0 fully saturated rings. The minimum atomic E-state index is 0.257. The molecule has 0 bridgehead atoms. The number of hydrogen-bond donors (Lipinski definition) is 1. The van der Waals surface area contributed by atoms with Crippen molar-refractivity contribution in [2.75, 3.05) is 7.05 Å². The maximum absolute atomic E-state index is 6.24. The van der Waals surface area contributed by atoms with Crippen LogP contribution in [0.25, 0.3) is 0 Å². The van der Waals surface area contributed by atoms with E-state index in [1.54, 1.807) is 0 Å². The highest BCUT2D eigenvalue weighted by Gasteiger charge is 2.15. The van der Waals surface area contributed by atoms with Crippen LogP contribution in [0.2, 0.25) is 10.0 Å². The van der Waals surface area contributed by atoms with E-state index in [-0.39, 0.29) is 6.04 Å². The number of rotatable bonds is 8. The van der Waals surface area contributed by atoms with Gasteiger partial charge >= 0.3 is 0 Å². The van der Waals surface area contributed by atoms with Gasteiger partial charge in [0.2, 0.25) is 0 Å². The quantitative estimate of drug-likeness (QED) is 0.613. The van der Waals surface area contributed by atoms with Crippen LogP contribution in [0.5, 0.6) is 0 Å². The lowest BCUT2D eigenvalue weighted by Gasteiger charge is -2.19. The summed E-state index contributed by atoms with van der Waals surface area (Å²) in [6, 6.07) is 5.96. The van der Waals surface area contributed by atoms with Crippen molar-refractivity contribution in [1.82, 2.24) is 5.32 Å². The van der Waals surface area contributed by atoms with Crippen LogP contribution in [0, 0.1) is 0 Å². The van der Waals surface area contributed by atoms with Gasteiger partial charge in [0.15, 0.2) is 0 Å². The molecule has 0 aromatic heterocycles. The Kier molecular flexibility index (Phi) is 7.73. The first-order valence-corrected chi connectivity index (χ1v) is 7.57. The Labute approximate surface area is 121 Å². The Balaban J connectivity index is 2.55. The van der Waals surface area contributed by atoms with E-state index < -0.39 is 0 Å². The van der Waals surface area contributed by atoms with Gasteiger partial charge in [-0.3, -0.25) is 0 Å². The van der Waals surface area contributed by atoms with Crippen LogP contribution in [0.3, 0.4) is 0 Å². The minimum absolute atomic E-state index is 0.257. The number of benzene rings is 1. The largest absolute Gasteiger partial charge is 0.313 e. The molecular formula is C15H23Cl2N. The van der Waals surface area contributed by atoms with E-state index >= 15 is 0 Å². The lowest BCUT2D eigenvalue weighted by atomic mass is 9.99. The van der Waals surface area contributed by atoms with Gasteiger partial charge in [0.25, 0.3) is 0 Å². The van der Waals surface area contributed by atoms with Gasteiger partial charge in [-0.15, -0.1) is 0 Å². The maximum Gasteiger partial charge on any atom is 0.0468 e. The second kappa shape index (κ2) is 8.79. The molecule has 102 valence electrons. The predicted octanol–water partition coefficient (Wildman–Crippen LogP) is 5.61. The zero-order chi connectivity index (χ0) is 13.4. The molecule has 1 aromatic rings. The molecule has 0 aliphatic rings. The van der Waals surface area contributed by atoms with Gasteiger partial charge in [-0.25, -0.2) is 0 Å². The predicted molar refractivity (Wildman–Crippen MR) is 81.6 cm³/mol. The van der Waals surface area contributed by atoms with Gasteiger partial charge in [0.1, 0.15) is 0 Å². The van der Waals surface area contributed by atoms with Crippen molar-refractivity contribution in [2.45, 2.75) is 51.5 Å². The molecule has 0 saturated carbocycles. The molecule has 0 amide bonds. The molecule has 0 heterocycles. The summed E-state index contributed by atoms with van der Waals surface area (Å²) in [6.45, 7) is 2.24. The van der Waals surface area contributed by atoms with Gasteiger partial charge in [-0.2, -0.15) is 0 Å². The summed E-state index contributed by atoms with van der Waals surface area (Å²) in [5, 5.41) is 4.84. The monoisotopic (exact) mass is 287 g/mol. The second-order valence-corrected chi connectivity index (χ2v) is 5.49. The molecule has 0 aliphatic heterocycles. The summed E-state index contributed by atoms with van der Waals surface area (Å²) in [5.41, 5.74) is 1.04. The van der Waals surface area contributed by atoms with E-state index in [4.69, 9.17) is 23.2 Å². The van der Waals surface area contributed by atoms with E-state index in [0.717, 1.165) is 22.0 Å². The highest BCUT2D eigenvalue weighted by atomic mass is 35.5. The summed E-state index contributed by atoms with van der Waals surface area (Å²) >= 11 is 12.5. The summed E-state index contributed by atoms with van der Waals surface area (Å²) in [4.78, 5) is 0. The van der Waals surface area contributed by atoms with Gasteiger partial charge in [-0.1, -0.05) is 68.3 Å². The van der Waals surface area contributed by atoms with Crippen molar-refractivity contribution < 1.29 is 0 Å². The van der Waals surface area contributed by atoms with Gasteiger partial charge in [0, 0.05) is 21.7 Å². The molecule has 1 rings (SSSR count). The maximum atomic E-state index is 6.24. The van der Waals surface area contributed by atoms with E-state index in [9.17, 15) is 0 Å². The van der Waals surface area contributed by atoms with Gasteiger partial charge < -0.3 is 5.32 Å². The number of nitrogens with one attached hydrogen (secondary N) is 1. The van der Waals surface area contributed by atoms with Crippen molar-refractivity contribution in [3.63, 3.8) is 0 Å². The average molecular weight is 288 g/mol. The lowest BCUT2D eigenvalue weighted by Crippen LogP contribution is -2.17. The third-order valence-corrected chi connectivity index (χ3v) is 3.95. The molecule has 0 spiro atoms. The van der Waals surface area contributed by atoms with Gasteiger partial charge in [0.05, 0.1) is 0 Å². The molecular weight excluding hydrogens is 265 g/mol. The summed E-state index contributed by atoms with van der Waals surface area (Å²) in [6.07, 6.45) is 7.52. The molecule has 1 aromatic carbocycles. The van der Waals surface area contributed by atoms with E-state index in [1.165, 1.54) is 32.1 Å². The van der Waals surface area contributed by atoms with Crippen LogP contribution in [-0.2, 0) is 0 Å². The van der Waals surface area contributed by atoms with Crippen LogP contribution in [0.4, 0.5) is 0 Å². The van der Waals surface area contributed by atoms with Crippen LogP contribution in [0.15, 0.2) is 18.2 Å². The van der Waals surface area contributed by atoms with Crippen LogP contribution in [-0.4, -0.2) is 7.05 Å². The number of halogens is 2. The zero-order valence-corrected chi connectivity index (χ0v) is 12.8. The minimum Gasteiger partial charge on any atom is -0.313 e. The van der Waals surface area contributed by atoms with Gasteiger partial charge in [-0.05, 0) is 25.6 Å². The Morgan fingerprint density at radius 1 is 1.06 bits per heavy atom. The lowest BCUT2D eigenvalue weighted by molar-refractivity contribution is 0.501. The molecule has 3 heteroatoms. The fraction of sp³-hybridized carbons (Fsp3) is 0.600. The molecule has 1 atom stereocenters.